The van der Waals surface area contributed by atoms with Crippen molar-refractivity contribution < 1.29 is 18.9 Å². The van der Waals surface area contributed by atoms with Crippen LogP contribution in [-0.4, -0.2) is 24.5 Å². The molecule has 120 valence electrons. The number of hydrogen-bond acceptors (Lipinski definition) is 4. The Balaban J connectivity index is 0.000000745. The fraction of sp³-hybridized carbons (Fsp3) is 0.533. The minimum Gasteiger partial charge on any atom is -0.399 e. The zero-order valence-electron chi connectivity index (χ0n) is 13.3. The summed E-state index contributed by atoms with van der Waals surface area (Å²) < 4.78 is 12.0. The quantitative estimate of drug-likeness (QED) is 0.772. The third-order valence-electron chi connectivity index (χ3n) is 4.04. The van der Waals surface area contributed by atoms with Gasteiger partial charge in [0.2, 0.25) is 0 Å². The van der Waals surface area contributed by atoms with E-state index in [0.29, 0.717) is 10.0 Å². The van der Waals surface area contributed by atoms with Gasteiger partial charge >= 0.3 is 13.3 Å². The van der Waals surface area contributed by atoms with Crippen molar-refractivity contribution in [3.8, 4) is 0 Å². The summed E-state index contributed by atoms with van der Waals surface area (Å²) in [5.41, 5.74) is 1.04. The van der Waals surface area contributed by atoms with E-state index >= 15 is 0 Å². The van der Waals surface area contributed by atoms with E-state index in [1.165, 1.54) is 0 Å². The van der Waals surface area contributed by atoms with Gasteiger partial charge in [0.15, 0.2) is 0 Å². The van der Waals surface area contributed by atoms with E-state index in [1.54, 1.807) is 0 Å². The van der Waals surface area contributed by atoms with Crippen LogP contribution < -0.4 is 5.46 Å². The molecule has 2 rings (SSSR count). The second-order valence-electron chi connectivity index (χ2n) is 6.00. The molecule has 0 unspecified atom stereocenters. The Morgan fingerprint density at radius 3 is 1.73 bits per heavy atom. The van der Waals surface area contributed by atoms with E-state index < -0.39 is 18.3 Å². The van der Waals surface area contributed by atoms with Gasteiger partial charge in [-0.05, 0) is 51.8 Å². The summed E-state index contributed by atoms with van der Waals surface area (Å²) in [6.07, 6.45) is 1.14. The summed E-state index contributed by atoms with van der Waals surface area (Å²) in [4.78, 5) is 16.2. The molecule has 0 aromatic heterocycles. The highest BCUT2D eigenvalue weighted by Crippen LogP contribution is 2.37. The number of hydrogen-bond donors (Lipinski definition) is 0. The predicted molar refractivity (Wildman–Crippen MR) is 86.6 cm³/mol. The summed E-state index contributed by atoms with van der Waals surface area (Å²) in [5.74, 6) is 0. The van der Waals surface area contributed by atoms with Crippen LogP contribution in [0, 0.1) is 0 Å². The smallest absolute Gasteiger partial charge is 0.399 e. The highest BCUT2D eigenvalue weighted by molar-refractivity contribution is 6.69. The summed E-state index contributed by atoms with van der Waals surface area (Å²) in [6.45, 7) is 10.1. The third kappa shape index (κ3) is 3.92. The van der Waals surface area contributed by atoms with Gasteiger partial charge in [-0.2, -0.15) is 9.59 Å². The third-order valence-corrected chi connectivity index (χ3v) is 4.66. The molecule has 1 aromatic rings. The number of halogens is 2. The lowest BCUT2D eigenvalue weighted by Gasteiger charge is -2.32. The second-order valence-corrected chi connectivity index (χ2v) is 6.81. The maximum Gasteiger partial charge on any atom is 0.497 e. The lowest BCUT2D eigenvalue weighted by atomic mass is 9.78. The molecule has 1 heterocycles. The van der Waals surface area contributed by atoms with E-state index in [0.717, 1.165) is 17.4 Å². The lowest BCUT2D eigenvalue weighted by molar-refractivity contribution is -0.191. The maximum absolute atomic E-state index is 8.12. The van der Waals surface area contributed by atoms with Gasteiger partial charge in [-0.1, -0.05) is 30.1 Å². The zero-order chi connectivity index (χ0) is 17.1. The van der Waals surface area contributed by atoms with Gasteiger partial charge in [0, 0.05) is 15.5 Å². The summed E-state index contributed by atoms with van der Waals surface area (Å²) in [7, 11) is -0.518. The molecule has 1 aliphatic rings. The topological polar surface area (TPSA) is 52.6 Å². The van der Waals surface area contributed by atoms with Gasteiger partial charge in [0.1, 0.15) is 0 Å². The largest absolute Gasteiger partial charge is 0.497 e. The molecule has 0 radical (unpaired) electrons. The molecule has 1 aliphatic heterocycles. The van der Waals surface area contributed by atoms with E-state index in [-0.39, 0.29) is 6.15 Å². The number of rotatable bonds is 2. The Morgan fingerprint density at radius 2 is 1.41 bits per heavy atom. The fourth-order valence-corrected chi connectivity index (χ4v) is 2.74. The van der Waals surface area contributed by atoms with Crippen LogP contribution >= 0.6 is 23.2 Å². The van der Waals surface area contributed by atoms with E-state index in [4.69, 9.17) is 42.1 Å². The molecule has 0 saturated carbocycles. The molecule has 0 N–H and O–H groups in total. The number of benzene rings is 1. The molecule has 0 aliphatic carbocycles. The second kappa shape index (κ2) is 7.16. The zero-order valence-corrected chi connectivity index (χ0v) is 14.8. The molecular weight excluding hydrogens is 326 g/mol. The van der Waals surface area contributed by atoms with Crippen LogP contribution in [0.2, 0.25) is 10.0 Å². The van der Waals surface area contributed by atoms with Crippen LogP contribution in [0.1, 0.15) is 40.2 Å². The normalized spacial score (nSPS) is 18.4. The van der Waals surface area contributed by atoms with Gasteiger partial charge in [0.25, 0.3) is 0 Å². The van der Waals surface area contributed by atoms with Crippen molar-refractivity contribution in [2.75, 3.05) is 0 Å². The van der Waals surface area contributed by atoms with Gasteiger partial charge in [0.05, 0.1) is 11.2 Å². The van der Waals surface area contributed by atoms with E-state index in [2.05, 4.69) is 6.92 Å². The van der Waals surface area contributed by atoms with Crippen molar-refractivity contribution in [3.63, 3.8) is 0 Å². The standard InChI is InChI=1S/C14H19BCl2O2.CO2/c1-6-9-7-10(16)12(11(17)8-9)15-18-13(2,3)14(4,5)19-15;2-1-3/h7-8H,6H2,1-5H3;. The Hall–Kier alpha value is -0.835. The van der Waals surface area contributed by atoms with Crippen LogP contribution in [0.4, 0.5) is 0 Å². The van der Waals surface area contributed by atoms with Gasteiger partial charge < -0.3 is 9.31 Å². The van der Waals surface area contributed by atoms with Crippen LogP contribution in [0.5, 0.6) is 0 Å². The van der Waals surface area contributed by atoms with Crippen LogP contribution in [0.15, 0.2) is 12.1 Å². The Morgan fingerprint density at radius 1 is 1.05 bits per heavy atom. The molecule has 22 heavy (non-hydrogen) atoms. The highest BCUT2D eigenvalue weighted by atomic mass is 35.5. The molecule has 1 saturated heterocycles. The maximum atomic E-state index is 8.12. The highest BCUT2D eigenvalue weighted by Gasteiger charge is 2.52. The Bertz CT molecular complexity index is 542. The first-order valence-electron chi connectivity index (χ1n) is 6.92. The van der Waals surface area contributed by atoms with Crippen molar-refractivity contribution in [3.05, 3.63) is 27.7 Å². The van der Waals surface area contributed by atoms with Gasteiger partial charge in [-0.25, -0.2) is 0 Å². The van der Waals surface area contributed by atoms with E-state index in [1.807, 2.05) is 39.8 Å². The van der Waals surface area contributed by atoms with Gasteiger partial charge in [-0.3, -0.25) is 0 Å². The average Bonchev–Trinajstić information content (AvgIpc) is 2.57. The monoisotopic (exact) mass is 344 g/mol. The summed E-state index contributed by atoms with van der Waals surface area (Å²) >= 11 is 12.7. The van der Waals surface area contributed by atoms with Crippen molar-refractivity contribution in [1.29, 1.82) is 0 Å². The molecule has 7 heteroatoms. The first-order chi connectivity index (χ1) is 10.1. The van der Waals surface area contributed by atoms with Gasteiger partial charge in [-0.15, -0.1) is 0 Å². The van der Waals surface area contributed by atoms with Crippen molar-refractivity contribution in [1.82, 2.24) is 0 Å². The SMILES string of the molecule is CCc1cc(Cl)c(B2OC(C)(C)C(C)(C)O2)c(Cl)c1.O=C=O. The van der Waals surface area contributed by atoms with Crippen LogP contribution in [0.25, 0.3) is 0 Å². The van der Waals surface area contributed by atoms with Crippen molar-refractivity contribution >= 4 is 41.9 Å². The molecule has 4 nitrogen and oxygen atoms in total. The minimum atomic E-state index is -0.518. The molecule has 0 spiro atoms. The molecule has 0 atom stereocenters. The van der Waals surface area contributed by atoms with Crippen LogP contribution in [0.3, 0.4) is 0 Å². The molecule has 1 fully saturated rings. The number of carbonyl (C=O) groups excluding carboxylic acids is 2. The first kappa shape index (κ1) is 19.2. The predicted octanol–water partition coefficient (Wildman–Crippen LogP) is 3.27. The number of aryl methyl sites for hydroxylation is 1. The van der Waals surface area contributed by atoms with E-state index in [9.17, 15) is 0 Å². The lowest BCUT2D eigenvalue weighted by Crippen LogP contribution is -2.41. The average molecular weight is 345 g/mol. The Labute approximate surface area is 141 Å². The summed E-state index contributed by atoms with van der Waals surface area (Å²) in [6, 6.07) is 3.85. The van der Waals surface area contributed by atoms with Crippen LogP contribution in [-0.2, 0) is 25.3 Å². The Kier molecular flexibility index (Phi) is 6.25. The minimum absolute atomic E-state index is 0.250. The van der Waals surface area contributed by atoms with Crippen molar-refractivity contribution in [2.24, 2.45) is 0 Å². The van der Waals surface area contributed by atoms with Crippen molar-refractivity contribution in [2.45, 2.75) is 52.2 Å². The summed E-state index contributed by atoms with van der Waals surface area (Å²) in [5, 5.41) is 1.20. The molecular formula is C15H19BCl2O4. The molecule has 0 amide bonds. The molecule has 0 bridgehead atoms. The molecule has 1 aromatic carbocycles. The first-order valence-corrected chi connectivity index (χ1v) is 7.68. The fourth-order valence-electron chi connectivity index (χ4n) is 2.03.